The molecule has 0 saturated heterocycles. The normalized spacial score (nSPS) is 11.0. The molecule has 5 aromatic carbocycles. The number of rotatable bonds is 5. The van der Waals surface area contributed by atoms with Gasteiger partial charge in [-0.25, -0.2) is 0 Å². The number of ether oxygens (including phenoxy) is 2. The summed E-state index contributed by atoms with van der Waals surface area (Å²) in [6.07, 6.45) is 0.864. The molecule has 0 spiro atoms. The lowest BCUT2D eigenvalue weighted by Crippen LogP contribution is -1.93. The first kappa shape index (κ1) is 28.0. The van der Waals surface area contributed by atoms with Crippen LogP contribution in [0.5, 0.6) is 11.5 Å². The van der Waals surface area contributed by atoms with Crippen molar-refractivity contribution in [1.29, 1.82) is 0 Å². The summed E-state index contributed by atoms with van der Waals surface area (Å²) in [5, 5.41) is 22.9. The van der Waals surface area contributed by atoms with Crippen LogP contribution in [0.25, 0.3) is 40.3 Å². The third kappa shape index (κ3) is 5.49. The lowest BCUT2D eigenvalue weighted by atomic mass is 10.0. The zero-order valence-electron chi connectivity index (χ0n) is 23.8. The molecule has 0 atom stereocenters. The Bertz CT molecular complexity index is 2320. The van der Waals surface area contributed by atoms with Gasteiger partial charge in [-0.3, -0.25) is 0 Å². The van der Waals surface area contributed by atoms with E-state index in [-0.39, 0.29) is 13.6 Å². The van der Waals surface area contributed by atoms with Gasteiger partial charge in [-0.05, 0) is 90.8 Å². The largest absolute Gasteiger partial charge is 0.468 e. The third-order valence-corrected chi connectivity index (χ3v) is 9.76. The highest BCUT2D eigenvalue weighted by molar-refractivity contribution is 7.26. The molecule has 7 aromatic rings. The average Bonchev–Trinajstić information content (AvgIpc) is 3.59. The molecule has 214 valence electrons. The fourth-order valence-electron chi connectivity index (χ4n) is 5.37. The second-order valence-electron chi connectivity index (χ2n) is 10.2. The summed E-state index contributed by atoms with van der Waals surface area (Å²) in [6, 6.07) is 30.7. The van der Waals surface area contributed by atoms with E-state index in [2.05, 4.69) is 79.1 Å². The van der Waals surface area contributed by atoms with Crippen molar-refractivity contribution < 1.29 is 19.7 Å². The fraction of sp³-hybridized carbons (Fsp3) is 0.105. The Morgan fingerprint density at radius 2 is 0.955 bits per heavy atom. The lowest BCUT2D eigenvalue weighted by molar-refractivity contribution is 0.0983. The number of thiophene rings is 2. The number of hydrogen-bond donors (Lipinski definition) is 2. The topological polar surface area (TPSA) is 58.9 Å². The minimum Gasteiger partial charge on any atom is -0.468 e. The minimum atomic E-state index is -0.335. The van der Waals surface area contributed by atoms with Gasteiger partial charge in [0, 0.05) is 62.6 Å². The molecule has 0 amide bonds. The van der Waals surface area contributed by atoms with Crippen molar-refractivity contribution in [1.82, 2.24) is 0 Å². The van der Waals surface area contributed by atoms with E-state index >= 15 is 0 Å². The first-order chi connectivity index (χ1) is 21.6. The summed E-state index contributed by atoms with van der Waals surface area (Å²) in [4.78, 5) is 0. The van der Waals surface area contributed by atoms with Gasteiger partial charge in [0.05, 0.1) is 0 Å². The zero-order valence-corrected chi connectivity index (χ0v) is 25.4. The standard InChI is InChI=1S/C38H26O4S2/c1-2-27-17-24(3-4-25-7-13-31-33-15-11-29(41-22-39)20-37(33)43-35(31)18-25)5-9-28(27)10-6-26-8-14-32-34-16-12-30(42-23-40)21-38(34)44-36(32)19-26/h5,7-9,11-21,39-40H,2,22-23H2,1H3. The number of aryl methyl sites for hydroxylation is 1. The van der Waals surface area contributed by atoms with Gasteiger partial charge in [0.15, 0.2) is 13.6 Å². The molecule has 4 nitrogen and oxygen atoms in total. The number of benzene rings is 5. The molecule has 0 aliphatic carbocycles. The summed E-state index contributed by atoms with van der Waals surface area (Å²) in [7, 11) is 0. The molecule has 0 aliphatic rings. The second-order valence-corrected chi connectivity index (χ2v) is 12.4. The van der Waals surface area contributed by atoms with Crippen LogP contribution in [0, 0.1) is 23.7 Å². The highest BCUT2D eigenvalue weighted by Gasteiger charge is 2.09. The molecule has 2 N–H and O–H groups in total. The number of aliphatic hydroxyl groups excluding tert-OH is 2. The number of fused-ring (bicyclic) bond motifs is 6. The van der Waals surface area contributed by atoms with Gasteiger partial charge in [-0.2, -0.15) is 0 Å². The predicted molar refractivity (Wildman–Crippen MR) is 182 cm³/mol. The van der Waals surface area contributed by atoms with Crippen molar-refractivity contribution >= 4 is 63.0 Å². The minimum absolute atomic E-state index is 0.335. The average molecular weight is 611 g/mol. The van der Waals surface area contributed by atoms with Crippen molar-refractivity contribution in [2.75, 3.05) is 13.6 Å². The van der Waals surface area contributed by atoms with Crippen LogP contribution >= 0.6 is 22.7 Å². The number of aliphatic hydroxyl groups is 2. The molecular weight excluding hydrogens is 585 g/mol. The molecule has 0 saturated carbocycles. The van der Waals surface area contributed by atoms with E-state index in [9.17, 15) is 0 Å². The van der Waals surface area contributed by atoms with Crippen molar-refractivity contribution in [3.63, 3.8) is 0 Å². The first-order valence-electron chi connectivity index (χ1n) is 14.2. The Balaban J connectivity index is 1.13. The van der Waals surface area contributed by atoms with Crippen LogP contribution in [0.15, 0.2) is 91.0 Å². The third-order valence-electron chi connectivity index (χ3n) is 7.53. The van der Waals surface area contributed by atoms with Crippen LogP contribution in [0.1, 0.15) is 34.7 Å². The van der Waals surface area contributed by atoms with E-state index in [1.807, 2.05) is 42.5 Å². The fourth-order valence-corrected chi connectivity index (χ4v) is 7.72. The molecule has 0 bridgehead atoms. The van der Waals surface area contributed by atoms with Crippen LogP contribution in [0.2, 0.25) is 0 Å². The second kappa shape index (κ2) is 12.1. The van der Waals surface area contributed by atoms with E-state index in [4.69, 9.17) is 19.7 Å². The van der Waals surface area contributed by atoms with Crippen LogP contribution in [-0.2, 0) is 6.42 Å². The van der Waals surface area contributed by atoms with Crippen molar-refractivity contribution in [3.05, 3.63) is 119 Å². The number of hydrogen-bond acceptors (Lipinski definition) is 6. The SMILES string of the molecule is CCc1cc(C#Cc2ccc3c(c2)sc2cc(OCO)ccc23)ccc1C#Cc1ccc2c(c1)sc1cc(OCO)ccc12. The van der Waals surface area contributed by atoms with Gasteiger partial charge in [0.2, 0.25) is 0 Å². The van der Waals surface area contributed by atoms with Crippen molar-refractivity contribution in [3.8, 4) is 35.2 Å². The van der Waals surface area contributed by atoms with Gasteiger partial charge >= 0.3 is 0 Å². The van der Waals surface area contributed by atoms with E-state index in [1.54, 1.807) is 22.7 Å². The van der Waals surface area contributed by atoms with E-state index in [0.29, 0.717) is 11.5 Å². The van der Waals surface area contributed by atoms with Gasteiger partial charge < -0.3 is 19.7 Å². The highest BCUT2D eigenvalue weighted by atomic mass is 32.1. The quantitative estimate of drug-likeness (QED) is 0.152. The van der Waals surface area contributed by atoms with Gasteiger partial charge in [0.25, 0.3) is 0 Å². The molecule has 0 radical (unpaired) electrons. The summed E-state index contributed by atoms with van der Waals surface area (Å²) in [5.74, 6) is 14.8. The van der Waals surface area contributed by atoms with Crippen molar-refractivity contribution in [2.24, 2.45) is 0 Å². The molecule has 2 aromatic heterocycles. The Kier molecular flexibility index (Phi) is 7.66. The Hall–Kier alpha value is -4.82. The molecule has 44 heavy (non-hydrogen) atoms. The molecule has 7 rings (SSSR count). The smallest absolute Gasteiger partial charge is 0.186 e. The summed E-state index contributed by atoms with van der Waals surface area (Å²) < 4.78 is 15.1. The maximum absolute atomic E-state index is 9.07. The van der Waals surface area contributed by atoms with Crippen LogP contribution in [-0.4, -0.2) is 23.8 Å². The first-order valence-corrected chi connectivity index (χ1v) is 15.8. The van der Waals surface area contributed by atoms with Gasteiger partial charge in [-0.1, -0.05) is 42.7 Å². The van der Waals surface area contributed by atoms with Crippen molar-refractivity contribution in [2.45, 2.75) is 13.3 Å². The molecule has 0 unspecified atom stereocenters. The predicted octanol–water partition coefficient (Wildman–Crippen LogP) is 8.44. The van der Waals surface area contributed by atoms with Crippen LogP contribution in [0.4, 0.5) is 0 Å². The Morgan fingerprint density at radius 3 is 1.45 bits per heavy atom. The van der Waals surface area contributed by atoms with E-state index < -0.39 is 0 Å². The molecule has 0 aliphatic heterocycles. The summed E-state index contributed by atoms with van der Waals surface area (Å²) in [5.41, 5.74) is 5.08. The molecule has 0 fully saturated rings. The Morgan fingerprint density at radius 1 is 0.523 bits per heavy atom. The molecular formula is C38H26O4S2. The van der Waals surface area contributed by atoms with E-state index in [1.165, 1.54) is 36.5 Å². The lowest BCUT2D eigenvalue weighted by Gasteiger charge is -2.02. The van der Waals surface area contributed by atoms with Crippen LogP contribution in [0.3, 0.4) is 0 Å². The van der Waals surface area contributed by atoms with Crippen LogP contribution < -0.4 is 9.47 Å². The maximum atomic E-state index is 9.07. The highest BCUT2D eigenvalue weighted by Crippen LogP contribution is 2.37. The molecule has 6 heteroatoms. The monoisotopic (exact) mass is 610 g/mol. The molecule has 2 heterocycles. The van der Waals surface area contributed by atoms with Gasteiger partial charge in [-0.15, -0.1) is 22.7 Å². The zero-order chi connectivity index (χ0) is 30.0. The van der Waals surface area contributed by atoms with E-state index in [0.717, 1.165) is 38.1 Å². The maximum Gasteiger partial charge on any atom is 0.186 e. The summed E-state index contributed by atoms with van der Waals surface area (Å²) >= 11 is 3.39. The summed E-state index contributed by atoms with van der Waals surface area (Å²) in [6.45, 7) is 1.47. The van der Waals surface area contributed by atoms with Gasteiger partial charge in [0.1, 0.15) is 11.5 Å². The Labute approximate surface area is 262 Å².